The van der Waals surface area contributed by atoms with Gasteiger partial charge in [-0.15, -0.1) is 0 Å². The number of alkyl halides is 7. The van der Waals surface area contributed by atoms with Crippen LogP contribution in [0.5, 0.6) is 0 Å². The van der Waals surface area contributed by atoms with Gasteiger partial charge in [-0.1, -0.05) is 18.2 Å². The molecular formula is C12H10F7O. The largest absolute Gasteiger partial charge is 0.460 e. The highest BCUT2D eigenvalue weighted by atomic mass is 19.4. The standard InChI is InChI=1S/C12H10F7O/c1-9(2,20)7-4-3-5-8(6-7)10(13,14)11(15,16)12(17,18)19/h3-6H,1-2H3. The summed E-state index contributed by atoms with van der Waals surface area (Å²) in [6.07, 6.45) is -6.40. The number of rotatable bonds is 3. The molecule has 0 aliphatic carbocycles. The Morgan fingerprint density at radius 2 is 1.30 bits per heavy atom. The molecule has 0 bridgehead atoms. The number of hydrogen-bond donors (Lipinski definition) is 0. The summed E-state index contributed by atoms with van der Waals surface area (Å²) in [5, 5.41) is 11.6. The van der Waals surface area contributed by atoms with Crippen LogP contribution in [0.3, 0.4) is 0 Å². The molecule has 0 amide bonds. The molecule has 8 heteroatoms. The summed E-state index contributed by atoms with van der Waals surface area (Å²) in [7, 11) is 0. The van der Waals surface area contributed by atoms with Crippen molar-refractivity contribution in [1.29, 1.82) is 0 Å². The van der Waals surface area contributed by atoms with Crippen molar-refractivity contribution in [2.75, 3.05) is 0 Å². The van der Waals surface area contributed by atoms with E-state index in [1.54, 1.807) is 0 Å². The summed E-state index contributed by atoms with van der Waals surface area (Å²) >= 11 is 0. The Morgan fingerprint density at radius 3 is 1.70 bits per heavy atom. The highest BCUT2D eigenvalue weighted by molar-refractivity contribution is 5.31. The average molecular weight is 303 g/mol. The van der Waals surface area contributed by atoms with E-state index in [0.717, 1.165) is 26.0 Å². The summed E-state index contributed by atoms with van der Waals surface area (Å²) < 4.78 is 88.8. The lowest BCUT2D eigenvalue weighted by Gasteiger charge is -2.29. The summed E-state index contributed by atoms with van der Waals surface area (Å²) in [6, 6.07) is 2.71. The predicted octanol–water partition coefficient (Wildman–Crippen LogP) is 4.64. The van der Waals surface area contributed by atoms with E-state index < -0.39 is 29.2 Å². The zero-order valence-corrected chi connectivity index (χ0v) is 10.4. The maximum atomic E-state index is 13.4. The van der Waals surface area contributed by atoms with Crippen LogP contribution in [-0.4, -0.2) is 12.1 Å². The summed E-state index contributed by atoms with van der Waals surface area (Å²) in [4.78, 5) is 0. The second-order valence-corrected chi connectivity index (χ2v) is 4.74. The molecule has 0 spiro atoms. The predicted molar refractivity (Wildman–Crippen MR) is 55.1 cm³/mol. The van der Waals surface area contributed by atoms with Crippen LogP contribution in [0, 0.1) is 0 Å². The number of benzene rings is 1. The molecule has 1 radical (unpaired) electrons. The van der Waals surface area contributed by atoms with E-state index in [9.17, 15) is 35.8 Å². The number of hydrogen-bond acceptors (Lipinski definition) is 0. The van der Waals surface area contributed by atoms with E-state index in [1.165, 1.54) is 0 Å². The van der Waals surface area contributed by atoms with Crippen molar-refractivity contribution >= 4 is 0 Å². The van der Waals surface area contributed by atoms with E-state index in [4.69, 9.17) is 0 Å². The van der Waals surface area contributed by atoms with Crippen LogP contribution in [0.15, 0.2) is 24.3 Å². The van der Waals surface area contributed by atoms with Gasteiger partial charge in [0, 0.05) is 5.56 Å². The van der Waals surface area contributed by atoms with Gasteiger partial charge >= 0.3 is 18.0 Å². The van der Waals surface area contributed by atoms with Crippen molar-refractivity contribution in [2.45, 2.75) is 37.5 Å². The van der Waals surface area contributed by atoms with Crippen molar-refractivity contribution in [1.82, 2.24) is 0 Å². The summed E-state index contributed by atoms with van der Waals surface area (Å²) in [5.74, 6) is -11.7. The Hall–Kier alpha value is -1.31. The van der Waals surface area contributed by atoms with Gasteiger partial charge in [0.25, 0.3) is 0 Å². The van der Waals surface area contributed by atoms with Gasteiger partial charge in [0.1, 0.15) is 5.60 Å². The molecular weight excluding hydrogens is 293 g/mol. The van der Waals surface area contributed by atoms with Crippen LogP contribution in [0.2, 0.25) is 0 Å². The molecule has 1 nitrogen and oxygen atoms in total. The lowest BCUT2D eigenvalue weighted by atomic mass is 9.93. The van der Waals surface area contributed by atoms with Crippen molar-refractivity contribution < 1.29 is 35.8 Å². The Balaban J connectivity index is 3.37. The minimum atomic E-state index is -6.40. The molecule has 1 rings (SSSR count). The molecule has 113 valence electrons. The van der Waals surface area contributed by atoms with Gasteiger partial charge in [-0.3, -0.25) is 0 Å². The molecule has 0 saturated carbocycles. The summed E-state index contributed by atoms with van der Waals surface area (Å²) in [6.45, 7) is 2.15. The highest BCUT2D eigenvalue weighted by Crippen LogP contribution is 2.51. The monoisotopic (exact) mass is 303 g/mol. The zero-order valence-electron chi connectivity index (χ0n) is 10.4. The molecule has 0 aliphatic rings. The number of halogens is 7. The molecule has 0 fully saturated rings. The minimum Gasteiger partial charge on any atom is -0.225 e. The third kappa shape index (κ3) is 2.74. The molecule has 1 aromatic rings. The van der Waals surface area contributed by atoms with E-state index in [0.29, 0.717) is 12.1 Å². The first kappa shape index (κ1) is 16.7. The minimum absolute atomic E-state index is 0.312. The van der Waals surface area contributed by atoms with Gasteiger partial charge in [0.15, 0.2) is 0 Å². The first-order chi connectivity index (χ1) is 8.71. The fraction of sp³-hybridized carbons (Fsp3) is 0.500. The molecule has 0 N–H and O–H groups in total. The van der Waals surface area contributed by atoms with Gasteiger partial charge < -0.3 is 0 Å². The van der Waals surface area contributed by atoms with Crippen LogP contribution in [-0.2, 0) is 16.6 Å². The molecule has 20 heavy (non-hydrogen) atoms. The highest BCUT2D eigenvalue weighted by Gasteiger charge is 2.73. The normalized spacial score (nSPS) is 14.5. The van der Waals surface area contributed by atoms with Crippen molar-refractivity contribution in [3.05, 3.63) is 35.4 Å². The molecule has 0 unspecified atom stereocenters. The zero-order chi connectivity index (χ0) is 16.0. The SMILES string of the molecule is CC(C)([O])c1cccc(C(F)(F)C(F)(F)C(F)(F)F)c1. The van der Waals surface area contributed by atoms with Crippen LogP contribution in [0.1, 0.15) is 25.0 Å². The van der Waals surface area contributed by atoms with E-state index >= 15 is 0 Å². The maximum absolute atomic E-state index is 13.4. The van der Waals surface area contributed by atoms with Gasteiger partial charge in [-0.2, -0.15) is 30.7 Å². The van der Waals surface area contributed by atoms with Crippen LogP contribution >= 0.6 is 0 Å². The molecule has 0 saturated heterocycles. The smallest absolute Gasteiger partial charge is 0.225 e. The van der Waals surface area contributed by atoms with Crippen molar-refractivity contribution in [3.63, 3.8) is 0 Å². The maximum Gasteiger partial charge on any atom is 0.460 e. The van der Waals surface area contributed by atoms with Crippen molar-refractivity contribution in [3.8, 4) is 0 Å². The first-order valence-electron chi connectivity index (χ1n) is 5.35. The Morgan fingerprint density at radius 1 is 0.850 bits per heavy atom. The van der Waals surface area contributed by atoms with Crippen molar-refractivity contribution in [2.24, 2.45) is 0 Å². The lowest BCUT2D eigenvalue weighted by Crippen LogP contribution is -2.50. The molecule has 0 aromatic heterocycles. The molecule has 0 heterocycles. The Kier molecular flexibility index (Phi) is 3.86. The molecule has 0 atom stereocenters. The van der Waals surface area contributed by atoms with Gasteiger partial charge in [-0.25, -0.2) is 5.11 Å². The fourth-order valence-corrected chi connectivity index (χ4v) is 1.45. The second-order valence-electron chi connectivity index (χ2n) is 4.74. The average Bonchev–Trinajstić information content (AvgIpc) is 2.26. The first-order valence-corrected chi connectivity index (χ1v) is 5.35. The Labute approximate surface area is 110 Å². The van der Waals surface area contributed by atoms with Gasteiger partial charge in [-0.05, 0) is 25.5 Å². The molecule has 1 aromatic carbocycles. The Bertz CT molecular complexity index is 485. The van der Waals surface area contributed by atoms with E-state index in [1.807, 2.05) is 0 Å². The quantitative estimate of drug-likeness (QED) is 0.725. The third-order valence-electron chi connectivity index (χ3n) is 2.67. The van der Waals surface area contributed by atoms with Gasteiger partial charge in [0.05, 0.1) is 0 Å². The second kappa shape index (κ2) is 4.61. The third-order valence-corrected chi connectivity index (χ3v) is 2.67. The summed E-state index contributed by atoms with van der Waals surface area (Å²) in [5.41, 5.74) is -3.77. The topological polar surface area (TPSA) is 19.9 Å². The van der Waals surface area contributed by atoms with Crippen LogP contribution in [0.4, 0.5) is 30.7 Å². The van der Waals surface area contributed by atoms with E-state index in [-0.39, 0.29) is 5.56 Å². The van der Waals surface area contributed by atoms with Crippen LogP contribution in [0.25, 0.3) is 0 Å². The fourth-order valence-electron chi connectivity index (χ4n) is 1.45. The molecule has 0 aliphatic heterocycles. The lowest BCUT2D eigenvalue weighted by molar-refractivity contribution is -0.359. The van der Waals surface area contributed by atoms with Crippen LogP contribution < -0.4 is 0 Å². The van der Waals surface area contributed by atoms with E-state index in [2.05, 4.69) is 0 Å². The van der Waals surface area contributed by atoms with Gasteiger partial charge in [0.2, 0.25) is 0 Å².